The van der Waals surface area contributed by atoms with Crippen molar-refractivity contribution in [1.82, 2.24) is 25.1 Å². The van der Waals surface area contributed by atoms with E-state index in [1.807, 2.05) is 32.0 Å². The summed E-state index contributed by atoms with van der Waals surface area (Å²) >= 11 is 1.34. The fraction of sp³-hybridized carbons (Fsp3) is 0.385. The van der Waals surface area contributed by atoms with Gasteiger partial charge in [0.05, 0.1) is 11.4 Å². The third kappa shape index (κ3) is 2.98. The van der Waals surface area contributed by atoms with Gasteiger partial charge in [0.25, 0.3) is 0 Å². The van der Waals surface area contributed by atoms with Gasteiger partial charge in [-0.05, 0) is 35.4 Å². The van der Waals surface area contributed by atoms with Crippen molar-refractivity contribution in [2.75, 3.05) is 19.8 Å². The van der Waals surface area contributed by atoms with E-state index >= 15 is 0 Å². The van der Waals surface area contributed by atoms with Gasteiger partial charge >= 0.3 is 0 Å². The molecular formula is C13H17N5OS. The number of tetrazole rings is 1. The second kappa shape index (κ2) is 6.04. The Balaban J connectivity index is 2.27. The first-order valence-corrected chi connectivity index (χ1v) is 7.17. The molecule has 0 atom stereocenters. The van der Waals surface area contributed by atoms with Crippen molar-refractivity contribution in [3.05, 3.63) is 29.3 Å². The van der Waals surface area contributed by atoms with E-state index in [9.17, 15) is 4.79 Å². The summed E-state index contributed by atoms with van der Waals surface area (Å²) in [6.45, 7) is 4.03. The number of nitrogens with zero attached hydrogens (tertiary/aromatic N) is 5. The number of amides is 1. The van der Waals surface area contributed by atoms with E-state index in [1.54, 1.807) is 23.7 Å². The first-order valence-electron chi connectivity index (χ1n) is 6.18. The molecule has 0 fully saturated rings. The van der Waals surface area contributed by atoms with Gasteiger partial charge in [0, 0.05) is 14.1 Å². The van der Waals surface area contributed by atoms with Gasteiger partial charge in [0.2, 0.25) is 11.1 Å². The number of thioether (sulfide) groups is 1. The summed E-state index contributed by atoms with van der Waals surface area (Å²) in [5.74, 6) is 0.351. The molecule has 0 saturated heterocycles. The van der Waals surface area contributed by atoms with Crippen molar-refractivity contribution in [3.63, 3.8) is 0 Å². The molecule has 0 aliphatic rings. The highest BCUT2D eigenvalue weighted by molar-refractivity contribution is 7.99. The van der Waals surface area contributed by atoms with Gasteiger partial charge in [-0.3, -0.25) is 4.79 Å². The number of aryl methyl sites for hydroxylation is 2. The van der Waals surface area contributed by atoms with Crippen LogP contribution in [-0.4, -0.2) is 50.9 Å². The molecule has 0 aliphatic carbocycles. The number of benzene rings is 1. The topological polar surface area (TPSA) is 63.9 Å². The molecule has 1 heterocycles. The lowest BCUT2D eigenvalue weighted by Gasteiger charge is -2.11. The van der Waals surface area contributed by atoms with Crippen molar-refractivity contribution < 1.29 is 4.79 Å². The second-order valence-electron chi connectivity index (χ2n) is 4.69. The normalized spacial score (nSPS) is 10.6. The maximum Gasteiger partial charge on any atom is 0.232 e. The Kier molecular flexibility index (Phi) is 4.39. The molecule has 1 aromatic carbocycles. The van der Waals surface area contributed by atoms with E-state index in [0.717, 1.165) is 16.8 Å². The quantitative estimate of drug-likeness (QED) is 0.798. The first kappa shape index (κ1) is 14.5. The highest BCUT2D eigenvalue weighted by Crippen LogP contribution is 2.23. The summed E-state index contributed by atoms with van der Waals surface area (Å²) < 4.78 is 1.69. The zero-order valence-corrected chi connectivity index (χ0v) is 12.8. The Hall–Kier alpha value is -1.89. The Morgan fingerprint density at radius 2 is 1.95 bits per heavy atom. The average Bonchev–Trinajstić information content (AvgIpc) is 2.84. The van der Waals surface area contributed by atoms with E-state index in [4.69, 9.17) is 0 Å². The molecular weight excluding hydrogens is 274 g/mol. The highest BCUT2D eigenvalue weighted by atomic mass is 32.2. The summed E-state index contributed by atoms with van der Waals surface area (Å²) in [4.78, 5) is 13.2. The lowest BCUT2D eigenvalue weighted by molar-refractivity contribution is -0.125. The molecule has 2 rings (SSSR count). The van der Waals surface area contributed by atoms with Gasteiger partial charge in [-0.25, -0.2) is 0 Å². The Labute approximate surface area is 122 Å². The maximum atomic E-state index is 11.6. The van der Waals surface area contributed by atoms with E-state index < -0.39 is 0 Å². The second-order valence-corrected chi connectivity index (χ2v) is 5.63. The smallest absolute Gasteiger partial charge is 0.232 e. The average molecular weight is 291 g/mol. The largest absolute Gasteiger partial charge is 0.348 e. The van der Waals surface area contributed by atoms with Gasteiger partial charge in [0.1, 0.15) is 0 Å². The van der Waals surface area contributed by atoms with Crippen LogP contribution in [0.2, 0.25) is 0 Å². The van der Waals surface area contributed by atoms with Crippen molar-refractivity contribution in [1.29, 1.82) is 0 Å². The third-order valence-corrected chi connectivity index (χ3v) is 3.82. The summed E-state index contributed by atoms with van der Waals surface area (Å²) in [6.07, 6.45) is 0. The first-order chi connectivity index (χ1) is 9.50. The molecule has 0 bridgehead atoms. The molecule has 20 heavy (non-hydrogen) atoms. The number of hydrogen-bond acceptors (Lipinski definition) is 5. The van der Waals surface area contributed by atoms with Crippen LogP contribution in [0.3, 0.4) is 0 Å². The van der Waals surface area contributed by atoms with Crippen molar-refractivity contribution >= 4 is 17.7 Å². The summed E-state index contributed by atoms with van der Waals surface area (Å²) in [6, 6.07) is 6.04. The number of rotatable bonds is 4. The van der Waals surface area contributed by atoms with Crippen molar-refractivity contribution in [2.45, 2.75) is 19.0 Å². The van der Waals surface area contributed by atoms with Crippen molar-refractivity contribution in [2.24, 2.45) is 0 Å². The van der Waals surface area contributed by atoms with Crippen LogP contribution in [0.4, 0.5) is 0 Å². The SMILES string of the molecule is Cc1cccc(C)c1-n1nnnc1SCC(=O)N(C)C. The maximum absolute atomic E-state index is 11.6. The summed E-state index contributed by atoms with van der Waals surface area (Å²) in [5, 5.41) is 12.4. The van der Waals surface area contributed by atoms with Crippen LogP contribution in [0, 0.1) is 13.8 Å². The molecule has 0 unspecified atom stereocenters. The lowest BCUT2D eigenvalue weighted by Crippen LogP contribution is -2.23. The van der Waals surface area contributed by atoms with Crippen molar-refractivity contribution in [3.8, 4) is 5.69 Å². The minimum absolute atomic E-state index is 0.0334. The molecule has 6 nitrogen and oxygen atoms in total. The standard InChI is InChI=1S/C13H17N5OS/c1-9-6-5-7-10(2)12(9)18-13(14-15-16-18)20-8-11(19)17(3)4/h5-7H,8H2,1-4H3. The molecule has 1 amide bonds. The van der Waals surface area contributed by atoms with E-state index in [2.05, 4.69) is 15.5 Å². The predicted octanol–water partition coefficient (Wildman–Crippen LogP) is 1.46. The van der Waals surface area contributed by atoms with E-state index in [0.29, 0.717) is 10.9 Å². The molecule has 1 aromatic heterocycles. The fourth-order valence-electron chi connectivity index (χ4n) is 1.80. The number of carbonyl (C=O) groups is 1. The van der Waals surface area contributed by atoms with Crippen LogP contribution in [-0.2, 0) is 4.79 Å². The Bertz CT molecular complexity index is 603. The van der Waals surface area contributed by atoms with Crippen LogP contribution in [0.5, 0.6) is 0 Å². The monoisotopic (exact) mass is 291 g/mol. The highest BCUT2D eigenvalue weighted by Gasteiger charge is 2.15. The van der Waals surface area contributed by atoms with Gasteiger partial charge in [-0.15, -0.1) is 5.10 Å². The Morgan fingerprint density at radius 3 is 2.55 bits per heavy atom. The van der Waals surface area contributed by atoms with Gasteiger partial charge < -0.3 is 4.90 Å². The molecule has 0 spiro atoms. The van der Waals surface area contributed by atoms with Crippen LogP contribution >= 0.6 is 11.8 Å². The molecule has 7 heteroatoms. The summed E-state index contributed by atoms with van der Waals surface area (Å²) in [5.41, 5.74) is 3.16. The number of para-hydroxylation sites is 1. The number of aromatic nitrogens is 4. The van der Waals surface area contributed by atoms with E-state index in [1.165, 1.54) is 11.8 Å². The molecule has 0 radical (unpaired) electrons. The zero-order valence-electron chi connectivity index (χ0n) is 12.0. The minimum Gasteiger partial charge on any atom is -0.348 e. The van der Waals surface area contributed by atoms with E-state index in [-0.39, 0.29) is 5.91 Å². The molecule has 106 valence electrons. The van der Waals surface area contributed by atoms with Crippen LogP contribution < -0.4 is 0 Å². The number of carbonyl (C=O) groups excluding carboxylic acids is 1. The van der Waals surface area contributed by atoms with Gasteiger partial charge in [-0.1, -0.05) is 30.0 Å². The molecule has 2 aromatic rings. The van der Waals surface area contributed by atoms with Crippen LogP contribution in [0.25, 0.3) is 5.69 Å². The summed E-state index contributed by atoms with van der Waals surface area (Å²) in [7, 11) is 3.47. The fourth-order valence-corrected chi connectivity index (χ4v) is 2.66. The lowest BCUT2D eigenvalue weighted by atomic mass is 10.1. The van der Waals surface area contributed by atoms with Gasteiger partial charge in [-0.2, -0.15) is 4.68 Å². The molecule has 0 saturated carbocycles. The number of hydrogen-bond donors (Lipinski definition) is 0. The van der Waals surface area contributed by atoms with Crippen LogP contribution in [0.1, 0.15) is 11.1 Å². The molecule has 0 aliphatic heterocycles. The third-order valence-electron chi connectivity index (χ3n) is 2.92. The zero-order chi connectivity index (χ0) is 14.7. The van der Waals surface area contributed by atoms with Crippen LogP contribution in [0.15, 0.2) is 23.4 Å². The predicted molar refractivity (Wildman–Crippen MR) is 78.0 cm³/mol. The van der Waals surface area contributed by atoms with Gasteiger partial charge in [0.15, 0.2) is 0 Å². The Morgan fingerprint density at radius 1 is 1.30 bits per heavy atom. The minimum atomic E-state index is 0.0334. The molecule has 0 N–H and O–H groups in total.